The molecule has 1 aromatic carbocycles. The first-order chi connectivity index (χ1) is 8.63. The van der Waals surface area contributed by atoms with Crippen LogP contribution in [0.3, 0.4) is 0 Å². The second kappa shape index (κ2) is 4.85. The van der Waals surface area contributed by atoms with Crippen molar-refractivity contribution in [2.24, 2.45) is 0 Å². The lowest BCUT2D eigenvalue weighted by atomic mass is 10.2. The summed E-state index contributed by atoms with van der Waals surface area (Å²) < 4.78 is 1.51. The number of nitrogens with zero attached hydrogens (tertiary/aromatic N) is 4. The van der Waals surface area contributed by atoms with Crippen molar-refractivity contribution in [2.75, 3.05) is 0 Å². The van der Waals surface area contributed by atoms with Crippen molar-refractivity contribution in [3.63, 3.8) is 0 Å². The molecule has 0 bridgehead atoms. The molecule has 0 radical (unpaired) electrons. The van der Waals surface area contributed by atoms with E-state index in [1.807, 2.05) is 6.07 Å². The van der Waals surface area contributed by atoms with E-state index < -0.39 is 4.92 Å². The molecular weight excluding hydrogens is 256 g/mol. The molecule has 0 saturated heterocycles. The molecule has 0 spiro atoms. The van der Waals surface area contributed by atoms with Crippen molar-refractivity contribution in [3.8, 4) is 6.07 Å². The molecule has 0 aliphatic heterocycles. The Morgan fingerprint density at radius 3 is 3.00 bits per heavy atom. The Balaban J connectivity index is 2.47. The summed E-state index contributed by atoms with van der Waals surface area (Å²) >= 11 is 5.96. The number of aromatic nitrogens is 2. The Morgan fingerprint density at radius 1 is 1.56 bits per heavy atom. The highest BCUT2D eigenvalue weighted by atomic mass is 35.5. The van der Waals surface area contributed by atoms with Gasteiger partial charge in [-0.3, -0.25) is 10.1 Å². The molecular formula is C11H7ClN4O2. The Morgan fingerprint density at radius 2 is 2.33 bits per heavy atom. The lowest BCUT2D eigenvalue weighted by Crippen LogP contribution is -2.05. The molecule has 1 heterocycles. The van der Waals surface area contributed by atoms with Crippen LogP contribution in [0.25, 0.3) is 0 Å². The molecule has 0 aliphatic carbocycles. The summed E-state index contributed by atoms with van der Waals surface area (Å²) in [5, 5.41) is 20.0. The first-order valence-corrected chi connectivity index (χ1v) is 5.34. The predicted molar refractivity (Wildman–Crippen MR) is 64.2 cm³/mol. The van der Waals surface area contributed by atoms with E-state index in [2.05, 4.69) is 4.98 Å². The van der Waals surface area contributed by atoms with Gasteiger partial charge in [0.05, 0.1) is 22.1 Å². The zero-order valence-electron chi connectivity index (χ0n) is 9.08. The molecule has 90 valence electrons. The van der Waals surface area contributed by atoms with Gasteiger partial charge in [-0.1, -0.05) is 17.7 Å². The molecule has 18 heavy (non-hydrogen) atoms. The van der Waals surface area contributed by atoms with Gasteiger partial charge in [-0.15, -0.1) is 0 Å². The third-order valence-electron chi connectivity index (χ3n) is 2.43. The Hall–Kier alpha value is -2.39. The largest absolute Gasteiger partial charge is 0.318 e. The van der Waals surface area contributed by atoms with Gasteiger partial charge in [-0.05, 0) is 6.07 Å². The highest BCUT2D eigenvalue weighted by Gasteiger charge is 2.17. The number of benzene rings is 1. The van der Waals surface area contributed by atoms with Crippen LogP contribution >= 0.6 is 11.6 Å². The van der Waals surface area contributed by atoms with Crippen LogP contribution in [-0.4, -0.2) is 14.5 Å². The van der Waals surface area contributed by atoms with Crippen LogP contribution in [0, 0.1) is 21.4 Å². The van der Waals surface area contributed by atoms with Crippen LogP contribution in [0.5, 0.6) is 0 Å². The van der Waals surface area contributed by atoms with Crippen LogP contribution in [0.2, 0.25) is 5.02 Å². The van der Waals surface area contributed by atoms with Gasteiger partial charge in [0, 0.05) is 18.5 Å². The molecule has 0 amide bonds. The minimum absolute atomic E-state index is 0.0694. The molecule has 2 aromatic rings. The van der Waals surface area contributed by atoms with Gasteiger partial charge in [0.15, 0.2) is 0 Å². The summed E-state index contributed by atoms with van der Waals surface area (Å²) in [7, 11) is 0. The molecule has 1 aromatic heterocycles. The van der Waals surface area contributed by atoms with E-state index in [0.29, 0.717) is 10.6 Å². The normalized spacial score (nSPS) is 10.0. The summed E-state index contributed by atoms with van der Waals surface area (Å²) in [6, 6.07) is 6.38. The average molecular weight is 263 g/mol. The van der Waals surface area contributed by atoms with Crippen LogP contribution in [0.4, 0.5) is 5.69 Å². The summed E-state index contributed by atoms with van der Waals surface area (Å²) in [4.78, 5) is 14.2. The molecule has 2 rings (SSSR count). The smallest absolute Gasteiger partial charge is 0.275 e. The van der Waals surface area contributed by atoms with Crippen molar-refractivity contribution < 1.29 is 4.92 Å². The first kappa shape index (κ1) is 12.1. The monoisotopic (exact) mass is 262 g/mol. The van der Waals surface area contributed by atoms with Gasteiger partial charge >= 0.3 is 0 Å². The Labute approximate surface area is 107 Å². The lowest BCUT2D eigenvalue weighted by Gasteiger charge is -2.06. The van der Waals surface area contributed by atoms with Gasteiger partial charge in [0.25, 0.3) is 5.69 Å². The number of nitro groups is 1. The van der Waals surface area contributed by atoms with Crippen molar-refractivity contribution >= 4 is 17.3 Å². The zero-order chi connectivity index (χ0) is 13.1. The summed E-state index contributed by atoms with van der Waals surface area (Å²) in [5.41, 5.74) is 0.291. The van der Waals surface area contributed by atoms with E-state index in [0.717, 1.165) is 0 Å². The third-order valence-corrected chi connectivity index (χ3v) is 2.79. The highest BCUT2D eigenvalue weighted by Crippen LogP contribution is 2.27. The first-order valence-electron chi connectivity index (χ1n) is 4.96. The van der Waals surface area contributed by atoms with Gasteiger partial charge < -0.3 is 4.57 Å². The van der Waals surface area contributed by atoms with Gasteiger partial charge in [0.2, 0.25) is 5.82 Å². The van der Waals surface area contributed by atoms with E-state index in [9.17, 15) is 10.1 Å². The maximum absolute atomic E-state index is 10.9. The Bertz CT molecular complexity index is 645. The van der Waals surface area contributed by atoms with Crippen molar-refractivity contribution in [3.05, 3.63) is 57.1 Å². The van der Waals surface area contributed by atoms with Crippen molar-refractivity contribution in [1.82, 2.24) is 9.55 Å². The van der Waals surface area contributed by atoms with Crippen molar-refractivity contribution in [2.45, 2.75) is 6.54 Å². The standard InChI is InChI=1S/C11H7ClN4O2/c12-9-2-1-3-10(16(17)18)8(9)7-15-5-4-14-11(15)6-13/h1-5H,7H2. The van der Waals surface area contributed by atoms with E-state index in [-0.39, 0.29) is 18.1 Å². The number of rotatable bonds is 3. The van der Waals surface area contributed by atoms with E-state index in [1.54, 1.807) is 12.3 Å². The quantitative estimate of drug-likeness (QED) is 0.628. The molecule has 0 saturated carbocycles. The van der Waals surface area contributed by atoms with Gasteiger partial charge in [-0.25, -0.2) is 4.98 Å². The second-order valence-electron chi connectivity index (χ2n) is 3.49. The van der Waals surface area contributed by atoms with Crippen LogP contribution in [0.1, 0.15) is 11.4 Å². The predicted octanol–water partition coefficient (Wildman–Crippen LogP) is 2.36. The van der Waals surface area contributed by atoms with Crippen LogP contribution in [0.15, 0.2) is 30.6 Å². The maximum Gasteiger partial charge on any atom is 0.275 e. The molecule has 0 atom stereocenters. The number of nitro benzene ring substituents is 1. The van der Waals surface area contributed by atoms with E-state index in [4.69, 9.17) is 16.9 Å². The fraction of sp³-hybridized carbons (Fsp3) is 0.0909. The van der Waals surface area contributed by atoms with E-state index >= 15 is 0 Å². The fourth-order valence-electron chi connectivity index (χ4n) is 1.60. The lowest BCUT2D eigenvalue weighted by molar-refractivity contribution is -0.385. The maximum atomic E-state index is 10.9. The number of nitriles is 1. The van der Waals surface area contributed by atoms with Crippen LogP contribution < -0.4 is 0 Å². The minimum atomic E-state index is -0.496. The SMILES string of the molecule is N#Cc1nccn1Cc1c(Cl)cccc1[N+](=O)[O-]. The summed E-state index contributed by atoms with van der Waals surface area (Å²) in [6.45, 7) is 0.138. The molecule has 0 aliphatic rings. The van der Waals surface area contributed by atoms with Gasteiger partial charge in [-0.2, -0.15) is 5.26 Å². The fourth-order valence-corrected chi connectivity index (χ4v) is 1.82. The van der Waals surface area contributed by atoms with Crippen LogP contribution in [-0.2, 0) is 6.54 Å². The highest BCUT2D eigenvalue weighted by molar-refractivity contribution is 6.31. The van der Waals surface area contributed by atoms with Gasteiger partial charge in [0.1, 0.15) is 6.07 Å². The molecule has 0 N–H and O–H groups in total. The Kier molecular flexibility index (Phi) is 3.26. The van der Waals surface area contributed by atoms with E-state index in [1.165, 1.54) is 22.9 Å². The number of halogens is 1. The number of imidazole rings is 1. The molecule has 6 nitrogen and oxygen atoms in total. The summed E-state index contributed by atoms with van der Waals surface area (Å²) in [5.74, 6) is 0.184. The third kappa shape index (κ3) is 2.17. The summed E-state index contributed by atoms with van der Waals surface area (Å²) in [6.07, 6.45) is 3.03. The molecule has 7 heteroatoms. The molecule has 0 unspecified atom stereocenters. The number of hydrogen-bond donors (Lipinski definition) is 0. The number of hydrogen-bond acceptors (Lipinski definition) is 4. The average Bonchev–Trinajstić information content (AvgIpc) is 2.78. The second-order valence-corrected chi connectivity index (χ2v) is 3.89. The molecule has 0 fully saturated rings. The minimum Gasteiger partial charge on any atom is -0.318 e. The zero-order valence-corrected chi connectivity index (χ0v) is 9.83. The van der Waals surface area contributed by atoms with Crippen molar-refractivity contribution in [1.29, 1.82) is 5.26 Å². The topological polar surface area (TPSA) is 84.8 Å².